The summed E-state index contributed by atoms with van der Waals surface area (Å²) in [6.07, 6.45) is 6.10. The van der Waals surface area contributed by atoms with Crippen LogP contribution in [0.2, 0.25) is 20.1 Å². The fraction of sp³-hybridized carbons (Fsp3) is 0.211. The van der Waals surface area contributed by atoms with Crippen LogP contribution in [-0.2, 0) is 25.7 Å². The molecule has 45 heavy (non-hydrogen) atoms. The number of nitrogens with zero attached hydrogens (tertiary/aromatic N) is 2. The van der Waals surface area contributed by atoms with E-state index in [2.05, 4.69) is 60.7 Å². The van der Waals surface area contributed by atoms with E-state index in [0.29, 0.717) is 21.9 Å². The van der Waals surface area contributed by atoms with Gasteiger partial charge in [0.05, 0.1) is 21.1 Å². The molecule has 0 saturated heterocycles. The zero-order valence-corrected chi connectivity index (χ0v) is 27.6. The first-order valence-electron chi connectivity index (χ1n) is 15.1. The van der Waals surface area contributed by atoms with E-state index in [0.717, 1.165) is 81.8 Å². The molecule has 2 aromatic heterocycles. The van der Waals surface area contributed by atoms with Gasteiger partial charge in [0, 0.05) is 32.2 Å². The van der Waals surface area contributed by atoms with Crippen molar-refractivity contribution in [3.63, 3.8) is 0 Å². The second-order valence-electron chi connectivity index (χ2n) is 11.7. The zero-order valence-electron chi connectivity index (χ0n) is 24.5. The van der Waals surface area contributed by atoms with Crippen LogP contribution in [0.15, 0.2) is 97.1 Å². The molecule has 2 unspecified atom stereocenters. The largest absolute Gasteiger partial charge is 0.412 e. The van der Waals surface area contributed by atoms with Crippen molar-refractivity contribution in [2.75, 3.05) is 0 Å². The maximum atomic E-state index is 6.68. The van der Waals surface area contributed by atoms with Crippen molar-refractivity contribution in [1.82, 2.24) is 9.97 Å². The van der Waals surface area contributed by atoms with E-state index in [1.807, 2.05) is 36.4 Å². The van der Waals surface area contributed by atoms with Crippen LogP contribution in [0.1, 0.15) is 58.3 Å². The maximum absolute atomic E-state index is 6.68. The van der Waals surface area contributed by atoms with Crippen molar-refractivity contribution in [3.8, 4) is 0 Å². The van der Waals surface area contributed by atoms with Crippen LogP contribution < -0.4 is 0 Å². The number of aryl methyl sites for hydroxylation is 2. The maximum Gasteiger partial charge on any atom is 0.0735 e. The standard InChI is InChI=1S/2C19H15Cl2N.H2O/c2*20-14-7-8-15-18(11-14)22-17-9-6-13(10-16(17)19(15)21)12-4-2-1-3-5-12;/h2*1-5,7-8,11,13H,6,9-10H2;1H2. The third-order valence-electron chi connectivity index (χ3n) is 9.03. The van der Waals surface area contributed by atoms with Gasteiger partial charge >= 0.3 is 0 Å². The first-order chi connectivity index (χ1) is 21.4. The Morgan fingerprint density at radius 1 is 0.511 bits per heavy atom. The molecule has 4 aromatic carbocycles. The molecule has 7 heteroatoms. The topological polar surface area (TPSA) is 57.3 Å². The fourth-order valence-electron chi connectivity index (χ4n) is 6.74. The quantitative estimate of drug-likeness (QED) is 0.184. The first-order valence-corrected chi connectivity index (χ1v) is 16.6. The molecule has 0 aliphatic heterocycles. The Hall–Kier alpha value is -3.18. The van der Waals surface area contributed by atoms with Gasteiger partial charge in [-0.2, -0.15) is 0 Å². The lowest BCUT2D eigenvalue weighted by atomic mass is 9.82. The summed E-state index contributed by atoms with van der Waals surface area (Å²) in [4.78, 5) is 9.59. The van der Waals surface area contributed by atoms with Gasteiger partial charge in [0.25, 0.3) is 0 Å². The molecule has 0 saturated carbocycles. The number of aromatic nitrogens is 2. The molecular weight excluding hydrogens is 642 g/mol. The van der Waals surface area contributed by atoms with Gasteiger partial charge < -0.3 is 5.48 Å². The number of hydrogen-bond acceptors (Lipinski definition) is 2. The Bertz CT molecular complexity index is 1840. The lowest BCUT2D eigenvalue weighted by Crippen LogP contribution is -2.15. The van der Waals surface area contributed by atoms with Gasteiger partial charge in [-0.1, -0.05) is 107 Å². The van der Waals surface area contributed by atoms with E-state index in [9.17, 15) is 0 Å². The minimum absolute atomic E-state index is 0. The van der Waals surface area contributed by atoms with E-state index >= 15 is 0 Å². The Balaban J connectivity index is 0.000000155. The number of hydrogen-bond donors (Lipinski definition) is 0. The monoisotopic (exact) mass is 672 g/mol. The lowest BCUT2D eigenvalue weighted by Gasteiger charge is -2.26. The van der Waals surface area contributed by atoms with Crippen molar-refractivity contribution < 1.29 is 5.48 Å². The number of benzene rings is 4. The molecule has 2 aliphatic carbocycles. The summed E-state index contributed by atoms with van der Waals surface area (Å²) in [5.74, 6) is 1.05. The van der Waals surface area contributed by atoms with Gasteiger partial charge in [-0.15, -0.1) is 0 Å². The van der Waals surface area contributed by atoms with Crippen LogP contribution in [0.5, 0.6) is 0 Å². The van der Waals surface area contributed by atoms with Crippen molar-refractivity contribution in [2.24, 2.45) is 0 Å². The van der Waals surface area contributed by atoms with Crippen LogP contribution in [0, 0.1) is 0 Å². The third kappa shape index (κ3) is 6.56. The first kappa shape index (κ1) is 31.8. The molecule has 0 radical (unpaired) electrons. The van der Waals surface area contributed by atoms with Crippen LogP contribution in [0.3, 0.4) is 0 Å². The molecule has 0 bridgehead atoms. The van der Waals surface area contributed by atoms with Crippen LogP contribution in [-0.4, -0.2) is 15.4 Å². The van der Waals surface area contributed by atoms with E-state index in [4.69, 9.17) is 56.4 Å². The van der Waals surface area contributed by atoms with Gasteiger partial charge in [-0.3, -0.25) is 9.97 Å². The van der Waals surface area contributed by atoms with Gasteiger partial charge in [-0.25, -0.2) is 0 Å². The number of rotatable bonds is 2. The molecule has 2 atom stereocenters. The predicted molar refractivity (Wildman–Crippen MR) is 190 cm³/mol. The molecule has 8 rings (SSSR count). The van der Waals surface area contributed by atoms with Crippen molar-refractivity contribution >= 4 is 68.2 Å². The highest BCUT2D eigenvalue weighted by molar-refractivity contribution is 6.37. The van der Waals surface area contributed by atoms with E-state index in [-0.39, 0.29) is 5.48 Å². The number of fused-ring (bicyclic) bond motifs is 4. The minimum Gasteiger partial charge on any atom is -0.412 e. The summed E-state index contributed by atoms with van der Waals surface area (Å²) in [7, 11) is 0. The summed E-state index contributed by atoms with van der Waals surface area (Å²) >= 11 is 25.5. The predicted octanol–water partition coefficient (Wildman–Crippen LogP) is 10.8. The fourth-order valence-corrected chi connectivity index (χ4v) is 7.76. The summed E-state index contributed by atoms with van der Waals surface area (Å²) in [5, 5.41) is 5.09. The Morgan fingerprint density at radius 2 is 0.911 bits per heavy atom. The smallest absolute Gasteiger partial charge is 0.0735 e. The molecule has 0 amide bonds. The zero-order chi connectivity index (χ0) is 30.2. The lowest BCUT2D eigenvalue weighted by molar-refractivity contribution is 0.576. The molecule has 0 fully saturated rings. The van der Waals surface area contributed by atoms with Gasteiger partial charge in [0.1, 0.15) is 0 Å². The second-order valence-corrected chi connectivity index (χ2v) is 13.4. The summed E-state index contributed by atoms with van der Waals surface area (Å²) in [6, 6.07) is 32.9. The Morgan fingerprint density at radius 3 is 1.31 bits per heavy atom. The number of pyridine rings is 2. The van der Waals surface area contributed by atoms with E-state index < -0.39 is 0 Å². The van der Waals surface area contributed by atoms with Crippen LogP contribution in [0.4, 0.5) is 0 Å². The number of halogens is 4. The summed E-state index contributed by atoms with van der Waals surface area (Å²) < 4.78 is 0. The molecule has 3 nitrogen and oxygen atoms in total. The van der Waals surface area contributed by atoms with Crippen molar-refractivity contribution in [1.29, 1.82) is 0 Å². The summed E-state index contributed by atoms with van der Waals surface area (Å²) in [5.41, 5.74) is 9.25. The average Bonchev–Trinajstić information content (AvgIpc) is 3.05. The highest BCUT2D eigenvalue weighted by Crippen LogP contribution is 2.40. The van der Waals surface area contributed by atoms with Crippen LogP contribution >= 0.6 is 46.4 Å². The Labute approximate surface area is 283 Å². The van der Waals surface area contributed by atoms with Crippen LogP contribution in [0.25, 0.3) is 21.8 Å². The molecule has 2 heterocycles. The highest BCUT2D eigenvalue weighted by atomic mass is 35.5. The van der Waals surface area contributed by atoms with E-state index in [1.165, 1.54) is 22.3 Å². The molecule has 2 N–H and O–H groups in total. The van der Waals surface area contributed by atoms with Gasteiger partial charge in [0.2, 0.25) is 0 Å². The van der Waals surface area contributed by atoms with Crippen molar-refractivity contribution in [3.05, 3.63) is 151 Å². The van der Waals surface area contributed by atoms with E-state index in [1.54, 1.807) is 0 Å². The second kappa shape index (κ2) is 13.7. The SMILES string of the molecule is Clc1ccc2c(Cl)c3c(nc2c1)CCC(c1ccccc1)C3.Clc1ccc2c(Cl)c3c(nc2c1)CCC(c1ccccc1)C3.O. The highest BCUT2D eigenvalue weighted by Gasteiger charge is 2.26. The minimum atomic E-state index is 0. The molecular formula is C38H32Cl4N2O. The molecule has 6 aromatic rings. The van der Waals surface area contributed by atoms with Gasteiger partial charge in [0.15, 0.2) is 0 Å². The molecule has 0 spiro atoms. The third-order valence-corrected chi connectivity index (χ3v) is 10.4. The van der Waals surface area contributed by atoms with Crippen molar-refractivity contribution in [2.45, 2.75) is 50.4 Å². The van der Waals surface area contributed by atoms with Gasteiger partial charge in [-0.05, 0) is 109 Å². The molecule has 228 valence electrons. The molecule has 2 aliphatic rings. The Kier molecular flexibility index (Phi) is 9.65. The average molecular weight is 674 g/mol. The normalized spacial score (nSPS) is 17.1. The summed E-state index contributed by atoms with van der Waals surface area (Å²) in [6.45, 7) is 0.